The summed E-state index contributed by atoms with van der Waals surface area (Å²) < 4.78 is 0. The van der Waals surface area contributed by atoms with Crippen molar-refractivity contribution in [3.63, 3.8) is 0 Å². The number of carbonyl (C=O) groups is 1. The summed E-state index contributed by atoms with van der Waals surface area (Å²) in [4.78, 5) is 11.8. The molecule has 78 valence electrons. The van der Waals surface area contributed by atoms with E-state index in [1.165, 1.54) is 0 Å². The molecule has 0 saturated heterocycles. The molecule has 0 aliphatic heterocycles. The van der Waals surface area contributed by atoms with E-state index in [1.54, 1.807) is 0 Å². The molecule has 0 radical (unpaired) electrons. The molecule has 1 fully saturated rings. The number of hydrogen-bond acceptors (Lipinski definition) is 3. The standard InChI is InChI=1S/C11H17NO2/c1-10(2)6-4-5-11(10,3)9(14)7(12)8(6)13/h6,14H,4-5,12H2,1-3H3. The fourth-order valence-corrected chi connectivity index (χ4v) is 2.98. The summed E-state index contributed by atoms with van der Waals surface area (Å²) in [5.41, 5.74) is 5.24. The second-order valence-corrected chi connectivity index (χ2v) is 5.27. The van der Waals surface area contributed by atoms with Crippen LogP contribution in [0, 0.1) is 16.7 Å². The Morgan fingerprint density at radius 2 is 2.00 bits per heavy atom. The Morgan fingerprint density at radius 3 is 2.57 bits per heavy atom. The Hall–Kier alpha value is -0.990. The zero-order chi connectivity index (χ0) is 10.7. The van der Waals surface area contributed by atoms with Gasteiger partial charge in [0, 0.05) is 11.3 Å². The predicted molar refractivity (Wildman–Crippen MR) is 53.5 cm³/mol. The third kappa shape index (κ3) is 0.764. The van der Waals surface area contributed by atoms with Gasteiger partial charge >= 0.3 is 0 Å². The lowest BCUT2D eigenvalue weighted by Gasteiger charge is -2.44. The largest absolute Gasteiger partial charge is 0.509 e. The van der Waals surface area contributed by atoms with Crippen LogP contribution in [-0.4, -0.2) is 10.9 Å². The first-order valence-corrected chi connectivity index (χ1v) is 5.06. The second-order valence-electron chi connectivity index (χ2n) is 5.27. The van der Waals surface area contributed by atoms with Crippen molar-refractivity contribution in [3.05, 3.63) is 11.5 Å². The van der Waals surface area contributed by atoms with Crippen molar-refractivity contribution in [2.24, 2.45) is 22.5 Å². The average molecular weight is 195 g/mol. The third-order valence-corrected chi connectivity index (χ3v) is 4.59. The molecule has 1 saturated carbocycles. The van der Waals surface area contributed by atoms with Crippen molar-refractivity contribution in [3.8, 4) is 0 Å². The molecule has 2 bridgehead atoms. The first-order valence-electron chi connectivity index (χ1n) is 5.06. The lowest BCUT2D eigenvalue weighted by molar-refractivity contribution is -0.125. The number of carbonyl (C=O) groups excluding carboxylic acids is 1. The first kappa shape index (κ1) is 9.56. The molecule has 2 aliphatic rings. The molecule has 0 aromatic heterocycles. The highest BCUT2D eigenvalue weighted by Crippen LogP contribution is 2.62. The van der Waals surface area contributed by atoms with Crippen LogP contribution in [0.25, 0.3) is 0 Å². The second kappa shape index (κ2) is 2.33. The van der Waals surface area contributed by atoms with Crippen molar-refractivity contribution in [1.29, 1.82) is 0 Å². The van der Waals surface area contributed by atoms with Crippen LogP contribution in [0.1, 0.15) is 33.6 Å². The number of Topliss-reactive ketones (excluding diaryl/α,β-unsaturated/α-hetero) is 1. The highest BCUT2D eigenvalue weighted by molar-refractivity contribution is 5.99. The van der Waals surface area contributed by atoms with E-state index in [4.69, 9.17) is 5.73 Å². The number of allylic oxidation sites excluding steroid dienone is 2. The van der Waals surface area contributed by atoms with Crippen LogP contribution in [0.3, 0.4) is 0 Å². The van der Waals surface area contributed by atoms with Gasteiger partial charge in [0.05, 0.1) is 0 Å². The maximum absolute atomic E-state index is 11.8. The van der Waals surface area contributed by atoms with Crippen LogP contribution < -0.4 is 5.73 Å². The minimum absolute atomic E-state index is 0.0107. The normalized spacial score (nSPS) is 40.5. The van der Waals surface area contributed by atoms with Crippen molar-refractivity contribution in [2.75, 3.05) is 0 Å². The summed E-state index contributed by atoms with van der Waals surface area (Å²) in [7, 11) is 0. The van der Waals surface area contributed by atoms with Gasteiger partial charge in [0.1, 0.15) is 11.5 Å². The van der Waals surface area contributed by atoms with Gasteiger partial charge in [0.25, 0.3) is 0 Å². The molecule has 0 amide bonds. The lowest BCUT2D eigenvalue weighted by atomic mass is 9.60. The molecule has 0 spiro atoms. The lowest BCUT2D eigenvalue weighted by Crippen LogP contribution is -2.45. The average Bonchev–Trinajstić information content (AvgIpc) is 2.30. The molecule has 14 heavy (non-hydrogen) atoms. The van der Waals surface area contributed by atoms with Gasteiger partial charge in [0.2, 0.25) is 0 Å². The van der Waals surface area contributed by atoms with Crippen molar-refractivity contribution in [2.45, 2.75) is 33.6 Å². The van der Waals surface area contributed by atoms with E-state index in [0.717, 1.165) is 12.8 Å². The highest BCUT2D eigenvalue weighted by Gasteiger charge is 2.60. The van der Waals surface area contributed by atoms with Crippen molar-refractivity contribution < 1.29 is 9.90 Å². The monoisotopic (exact) mass is 195 g/mol. The fraction of sp³-hybridized carbons (Fsp3) is 0.727. The van der Waals surface area contributed by atoms with Gasteiger partial charge in [-0.2, -0.15) is 0 Å². The number of fused-ring (bicyclic) bond motifs is 2. The van der Waals surface area contributed by atoms with Crippen LogP contribution in [-0.2, 0) is 4.79 Å². The maximum Gasteiger partial charge on any atom is 0.185 e. The molecule has 3 heteroatoms. The Kier molecular flexibility index (Phi) is 1.59. The van der Waals surface area contributed by atoms with Gasteiger partial charge in [-0.25, -0.2) is 0 Å². The number of ketones is 1. The van der Waals surface area contributed by atoms with Gasteiger partial charge in [-0.1, -0.05) is 20.8 Å². The number of rotatable bonds is 0. The summed E-state index contributed by atoms with van der Waals surface area (Å²) >= 11 is 0. The van der Waals surface area contributed by atoms with Gasteiger partial charge in [-0.05, 0) is 18.3 Å². The van der Waals surface area contributed by atoms with Crippen LogP contribution in [0.2, 0.25) is 0 Å². The zero-order valence-corrected chi connectivity index (χ0v) is 8.92. The summed E-state index contributed by atoms with van der Waals surface area (Å²) in [6.45, 7) is 6.10. The number of aliphatic hydroxyl groups is 1. The molecular formula is C11H17NO2. The van der Waals surface area contributed by atoms with E-state index < -0.39 is 0 Å². The van der Waals surface area contributed by atoms with E-state index in [-0.39, 0.29) is 34.0 Å². The van der Waals surface area contributed by atoms with Gasteiger partial charge in [-0.15, -0.1) is 0 Å². The Bertz CT molecular complexity index is 343. The maximum atomic E-state index is 11.8. The molecular weight excluding hydrogens is 178 g/mol. The van der Waals surface area contributed by atoms with Gasteiger partial charge in [-0.3, -0.25) is 4.79 Å². The molecule has 2 aliphatic carbocycles. The van der Waals surface area contributed by atoms with Crippen molar-refractivity contribution >= 4 is 5.78 Å². The first-order chi connectivity index (χ1) is 6.32. The van der Waals surface area contributed by atoms with Crippen LogP contribution in [0.4, 0.5) is 0 Å². The minimum Gasteiger partial charge on any atom is -0.509 e. The molecule has 2 rings (SSSR count). The van der Waals surface area contributed by atoms with Gasteiger partial charge in [0.15, 0.2) is 5.78 Å². The van der Waals surface area contributed by atoms with E-state index in [0.29, 0.717) is 0 Å². The molecule has 3 N–H and O–H groups in total. The quantitative estimate of drug-likeness (QED) is 0.618. The molecule has 0 aromatic rings. The number of aliphatic hydroxyl groups excluding tert-OH is 1. The van der Waals surface area contributed by atoms with Crippen LogP contribution in [0.5, 0.6) is 0 Å². The Balaban J connectivity index is 2.66. The SMILES string of the molecule is CC12CCC(C(=O)C(N)=C1O)C2(C)C. The highest BCUT2D eigenvalue weighted by atomic mass is 16.3. The van der Waals surface area contributed by atoms with E-state index in [1.807, 2.05) is 20.8 Å². The zero-order valence-electron chi connectivity index (χ0n) is 8.92. The van der Waals surface area contributed by atoms with Crippen LogP contribution in [0.15, 0.2) is 11.5 Å². The van der Waals surface area contributed by atoms with Gasteiger partial charge < -0.3 is 10.8 Å². The predicted octanol–water partition coefficient (Wildman–Crippen LogP) is 1.74. The minimum atomic E-state index is -0.310. The summed E-state index contributed by atoms with van der Waals surface area (Å²) in [6.07, 6.45) is 1.69. The summed E-state index contributed by atoms with van der Waals surface area (Å²) in [5, 5.41) is 9.96. The third-order valence-electron chi connectivity index (χ3n) is 4.59. The van der Waals surface area contributed by atoms with E-state index in [2.05, 4.69) is 0 Å². The number of hydrogen-bond donors (Lipinski definition) is 2. The molecule has 2 atom stereocenters. The van der Waals surface area contributed by atoms with E-state index in [9.17, 15) is 9.90 Å². The summed E-state index contributed by atoms with van der Waals surface area (Å²) in [6, 6.07) is 0. The van der Waals surface area contributed by atoms with Crippen LogP contribution >= 0.6 is 0 Å². The molecule has 3 nitrogen and oxygen atoms in total. The summed E-state index contributed by atoms with van der Waals surface area (Å²) in [5.74, 6) is 0.0344. The fourth-order valence-electron chi connectivity index (χ4n) is 2.98. The molecule has 0 heterocycles. The topological polar surface area (TPSA) is 63.3 Å². The van der Waals surface area contributed by atoms with E-state index >= 15 is 0 Å². The smallest absolute Gasteiger partial charge is 0.185 e. The Labute approximate surface area is 84.0 Å². The number of nitrogens with two attached hydrogens (primary N) is 1. The molecule has 0 aromatic carbocycles. The van der Waals surface area contributed by atoms with Crippen molar-refractivity contribution in [1.82, 2.24) is 0 Å². The Morgan fingerprint density at radius 1 is 1.43 bits per heavy atom. The molecule has 2 unspecified atom stereocenters.